The lowest BCUT2D eigenvalue weighted by molar-refractivity contribution is 0.572. The van der Waals surface area contributed by atoms with Crippen molar-refractivity contribution < 1.29 is 0 Å². The average molecular weight is 315 g/mol. The van der Waals surface area contributed by atoms with Crippen molar-refractivity contribution in [2.45, 2.75) is 19.4 Å². The van der Waals surface area contributed by atoms with Gasteiger partial charge in [-0.15, -0.1) is 0 Å². The molecule has 0 bridgehead atoms. The molecular weight excluding hydrogens is 305 g/mol. The van der Waals surface area contributed by atoms with E-state index in [9.17, 15) is 0 Å². The zero-order valence-corrected chi connectivity index (χ0v) is 10.2. The van der Waals surface area contributed by atoms with Gasteiger partial charge in [-0.25, -0.2) is 14.6 Å². The van der Waals surface area contributed by atoms with Gasteiger partial charge in [0.15, 0.2) is 5.65 Å². The molecule has 0 aliphatic heterocycles. The molecule has 1 saturated carbocycles. The van der Waals surface area contributed by atoms with Gasteiger partial charge in [-0.3, -0.25) is 0 Å². The molecule has 1 aliphatic carbocycles. The Morgan fingerprint density at radius 2 is 2.27 bits per heavy atom. The van der Waals surface area contributed by atoms with Crippen LogP contribution < -0.4 is 5.73 Å². The van der Waals surface area contributed by atoms with Crippen LogP contribution in [-0.2, 0) is 6.54 Å². The largest absolute Gasteiger partial charge is 0.383 e. The molecule has 0 amide bonds. The third kappa shape index (κ3) is 1.56. The van der Waals surface area contributed by atoms with E-state index in [1.54, 1.807) is 0 Å². The lowest BCUT2D eigenvalue weighted by Gasteiger charge is -1.99. The molecule has 1 aliphatic rings. The number of aromatic nitrogens is 4. The van der Waals surface area contributed by atoms with Crippen molar-refractivity contribution >= 4 is 39.4 Å². The van der Waals surface area contributed by atoms with Gasteiger partial charge in [-0.2, -0.15) is 5.10 Å². The molecule has 0 unspecified atom stereocenters. The summed E-state index contributed by atoms with van der Waals surface area (Å²) in [6.45, 7) is 0.954. The van der Waals surface area contributed by atoms with Crippen LogP contribution in [0.25, 0.3) is 11.0 Å². The first-order valence-electron chi connectivity index (χ1n) is 4.88. The third-order valence-electron chi connectivity index (χ3n) is 2.64. The first-order valence-corrected chi connectivity index (χ1v) is 5.96. The fourth-order valence-electron chi connectivity index (χ4n) is 1.66. The third-order valence-corrected chi connectivity index (χ3v) is 3.40. The van der Waals surface area contributed by atoms with Gasteiger partial charge in [0.05, 0.1) is 5.39 Å². The van der Waals surface area contributed by atoms with Crippen LogP contribution in [0.15, 0.2) is 6.33 Å². The van der Waals surface area contributed by atoms with Crippen LogP contribution in [0.2, 0.25) is 0 Å². The highest BCUT2D eigenvalue weighted by molar-refractivity contribution is 14.1. The second kappa shape index (κ2) is 3.29. The maximum Gasteiger partial charge on any atom is 0.164 e. The van der Waals surface area contributed by atoms with Crippen LogP contribution in [0, 0.1) is 9.62 Å². The lowest BCUT2D eigenvalue weighted by Crippen LogP contribution is -2.03. The predicted molar refractivity (Wildman–Crippen MR) is 65.2 cm³/mol. The molecule has 15 heavy (non-hydrogen) atoms. The van der Waals surface area contributed by atoms with E-state index in [-0.39, 0.29) is 0 Å². The Morgan fingerprint density at radius 3 is 3.00 bits per heavy atom. The quantitative estimate of drug-likeness (QED) is 0.851. The molecule has 0 spiro atoms. The van der Waals surface area contributed by atoms with Gasteiger partial charge in [-0.05, 0) is 41.4 Å². The number of nitrogens with zero attached hydrogens (tertiary/aromatic N) is 4. The van der Waals surface area contributed by atoms with Crippen LogP contribution >= 0.6 is 22.6 Å². The summed E-state index contributed by atoms with van der Waals surface area (Å²) in [5, 5.41) is 5.34. The van der Waals surface area contributed by atoms with Crippen molar-refractivity contribution in [1.82, 2.24) is 19.7 Å². The summed E-state index contributed by atoms with van der Waals surface area (Å²) < 4.78 is 2.84. The summed E-state index contributed by atoms with van der Waals surface area (Å²) in [6.07, 6.45) is 4.11. The second-order valence-electron chi connectivity index (χ2n) is 3.87. The molecule has 0 radical (unpaired) electrons. The summed E-state index contributed by atoms with van der Waals surface area (Å²) in [7, 11) is 0. The fraction of sp³-hybridized carbons (Fsp3) is 0.444. The van der Waals surface area contributed by atoms with E-state index < -0.39 is 0 Å². The SMILES string of the molecule is Nc1ncnc2c1c(I)nn2CC1CC1. The fourth-order valence-corrected chi connectivity index (χ4v) is 2.44. The normalized spacial score (nSPS) is 16.1. The summed E-state index contributed by atoms with van der Waals surface area (Å²) in [6, 6.07) is 0. The van der Waals surface area contributed by atoms with Crippen molar-refractivity contribution in [2.24, 2.45) is 5.92 Å². The Morgan fingerprint density at radius 1 is 1.47 bits per heavy atom. The Kier molecular flexibility index (Phi) is 2.04. The van der Waals surface area contributed by atoms with E-state index in [1.165, 1.54) is 19.2 Å². The molecule has 2 aromatic rings. The van der Waals surface area contributed by atoms with Crippen molar-refractivity contribution in [3.8, 4) is 0 Å². The van der Waals surface area contributed by atoms with Crippen LogP contribution in [-0.4, -0.2) is 19.7 Å². The molecule has 5 nitrogen and oxygen atoms in total. The number of nitrogen functional groups attached to an aromatic ring is 1. The number of hydrogen-bond donors (Lipinski definition) is 1. The van der Waals surface area contributed by atoms with Crippen molar-refractivity contribution in [3.63, 3.8) is 0 Å². The van der Waals surface area contributed by atoms with Gasteiger partial charge in [0, 0.05) is 6.54 Å². The molecule has 6 heteroatoms. The van der Waals surface area contributed by atoms with Gasteiger partial charge in [0.25, 0.3) is 0 Å². The maximum absolute atomic E-state index is 5.81. The van der Waals surface area contributed by atoms with Crippen molar-refractivity contribution in [2.75, 3.05) is 5.73 Å². The predicted octanol–water partition coefficient (Wildman–Crippen LogP) is 1.42. The van der Waals surface area contributed by atoms with Gasteiger partial charge >= 0.3 is 0 Å². The van der Waals surface area contributed by atoms with Crippen LogP contribution in [0.4, 0.5) is 5.82 Å². The van der Waals surface area contributed by atoms with Gasteiger partial charge in [0.1, 0.15) is 15.8 Å². The first-order chi connectivity index (χ1) is 7.25. The van der Waals surface area contributed by atoms with Gasteiger partial charge in [-0.1, -0.05) is 0 Å². The molecule has 2 N–H and O–H groups in total. The van der Waals surface area contributed by atoms with E-state index in [2.05, 4.69) is 37.7 Å². The van der Waals surface area contributed by atoms with Crippen molar-refractivity contribution in [3.05, 3.63) is 10.0 Å². The number of anilines is 1. The number of rotatable bonds is 2. The summed E-state index contributed by atoms with van der Waals surface area (Å²) in [5.74, 6) is 1.30. The maximum atomic E-state index is 5.81. The first kappa shape index (κ1) is 9.32. The topological polar surface area (TPSA) is 69.6 Å². The standard InChI is InChI=1S/C9H10IN5/c10-7-6-8(11)12-4-13-9(6)15(14-7)3-5-1-2-5/h4-5H,1-3H2,(H2,11,12,13). The summed E-state index contributed by atoms with van der Waals surface area (Å²) >= 11 is 2.18. The number of halogens is 1. The average Bonchev–Trinajstić information content (AvgIpc) is 2.94. The molecule has 78 valence electrons. The Bertz CT molecular complexity index is 516. The van der Waals surface area contributed by atoms with Crippen molar-refractivity contribution in [1.29, 1.82) is 0 Å². The minimum Gasteiger partial charge on any atom is -0.383 e. The number of nitrogens with two attached hydrogens (primary N) is 1. The van der Waals surface area contributed by atoms with Crippen LogP contribution in [0.5, 0.6) is 0 Å². The van der Waals surface area contributed by atoms with E-state index in [0.717, 1.165) is 27.2 Å². The molecule has 2 heterocycles. The number of fused-ring (bicyclic) bond motifs is 1. The minimum atomic E-state index is 0.520. The Hall–Kier alpha value is -0.920. The molecule has 1 fully saturated rings. The van der Waals surface area contributed by atoms with Crippen LogP contribution in [0.3, 0.4) is 0 Å². The Balaban J connectivity index is 2.17. The van der Waals surface area contributed by atoms with Gasteiger partial charge < -0.3 is 5.73 Å². The zero-order chi connectivity index (χ0) is 10.4. The van der Waals surface area contributed by atoms with E-state index >= 15 is 0 Å². The minimum absolute atomic E-state index is 0.520. The Labute approximate surface area is 100 Å². The van der Waals surface area contributed by atoms with E-state index in [0.29, 0.717) is 5.82 Å². The molecule has 0 atom stereocenters. The molecular formula is C9H10IN5. The molecule has 3 rings (SSSR count). The highest BCUT2D eigenvalue weighted by Crippen LogP contribution is 2.32. The highest BCUT2D eigenvalue weighted by atomic mass is 127. The van der Waals surface area contributed by atoms with Crippen LogP contribution in [0.1, 0.15) is 12.8 Å². The molecule has 0 aromatic carbocycles. The van der Waals surface area contributed by atoms with E-state index in [4.69, 9.17) is 5.73 Å². The van der Waals surface area contributed by atoms with E-state index in [1.807, 2.05) is 4.68 Å². The molecule has 2 aromatic heterocycles. The second-order valence-corrected chi connectivity index (χ2v) is 4.90. The number of hydrogen-bond acceptors (Lipinski definition) is 4. The monoisotopic (exact) mass is 315 g/mol. The van der Waals surface area contributed by atoms with Gasteiger partial charge in [0.2, 0.25) is 0 Å². The summed E-state index contributed by atoms with van der Waals surface area (Å²) in [5.41, 5.74) is 6.67. The smallest absolute Gasteiger partial charge is 0.164 e. The highest BCUT2D eigenvalue weighted by Gasteiger charge is 2.24. The summed E-state index contributed by atoms with van der Waals surface area (Å²) in [4.78, 5) is 8.23. The molecule has 0 saturated heterocycles. The zero-order valence-electron chi connectivity index (χ0n) is 8.02. The lowest BCUT2D eigenvalue weighted by atomic mass is 10.4.